The van der Waals surface area contributed by atoms with E-state index in [1.165, 1.54) is 18.4 Å². The highest BCUT2D eigenvalue weighted by atomic mass is 16.5. The second-order valence-electron chi connectivity index (χ2n) is 5.70. The van der Waals surface area contributed by atoms with Gasteiger partial charge >= 0.3 is 0 Å². The van der Waals surface area contributed by atoms with E-state index < -0.39 is 0 Å². The summed E-state index contributed by atoms with van der Waals surface area (Å²) in [5, 5.41) is 9.64. The Labute approximate surface area is 97.3 Å². The lowest BCUT2D eigenvalue weighted by Gasteiger charge is -2.21. The molecule has 0 heterocycles. The smallest absolute Gasteiger partial charge is 0.124 e. The predicted octanol–water partition coefficient (Wildman–Crippen LogP) is 3.52. The summed E-state index contributed by atoms with van der Waals surface area (Å²) in [5.41, 5.74) is 0.965. The highest BCUT2D eigenvalue weighted by Crippen LogP contribution is 2.35. The third-order valence-corrected chi connectivity index (χ3v) is 2.60. The lowest BCUT2D eigenvalue weighted by atomic mass is 10.1. The van der Waals surface area contributed by atoms with Crippen LogP contribution < -0.4 is 4.74 Å². The Hall–Kier alpha value is -1.18. The van der Waals surface area contributed by atoms with E-state index in [0.717, 1.165) is 18.1 Å². The van der Waals surface area contributed by atoms with Gasteiger partial charge in [0.1, 0.15) is 17.1 Å². The normalized spacial score (nSPS) is 16.2. The molecule has 1 saturated carbocycles. The molecule has 0 spiro atoms. The maximum Gasteiger partial charge on any atom is 0.124 e. The number of phenols is 1. The summed E-state index contributed by atoms with van der Waals surface area (Å²) in [7, 11) is 0. The molecule has 2 rings (SSSR count). The molecule has 0 aromatic heterocycles. The molecule has 1 aromatic rings. The maximum absolute atomic E-state index is 9.64. The first kappa shape index (κ1) is 11.3. The van der Waals surface area contributed by atoms with Gasteiger partial charge in [-0.2, -0.15) is 0 Å². The van der Waals surface area contributed by atoms with Gasteiger partial charge in [0.15, 0.2) is 0 Å². The van der Waals surface area contributed by atoms with Crippen molar-refractivity contribution in [3.63, 3.8) is 0 Å². The molecule has 0 bridgehead atoms. The standard InChI is InChI=1S/C14H20O2/c1-14(2,3)16-13-8-11(6-10-4-5-10)7-12(15)9-13/h7-10,15H,4-6H2,1-3H3. The largest absolute Gasteiger partial charge is 0.508 e. The maximum atomic E-state index is 9.64. The number of hydrogen-bond acceptors (Lipinski definition) is 2. The second kappa shape index (κ2) is 4.00. The van der Waals surface area contributed by atoms with E-state index in [4.69, 9.17) is 4.74 Å². The van der Waals surface area contributed by atoms with Gasteiger partial charge in [-0.3, -0.25) is 0 Å². The van der Waals surface area contributed by atoms with E-state index in [9.17, 15) is 5.11 Å². The first-order valence-corrected chi connectivity index (χ1v) is 5.94. The fourth-order valence-corrected chi connectivity index (χ4v) is 1.83. The SMILES string of the molecule is CC(C)(C)Oc1cc(O)cc(CC2CC2)c1. The summed E-state index contributed by atoms with van der Waals surface area (Å²) in [5.74, 6) is 1.89. The highest BCUT2D eigenvalue weighted by Gasteiger charge is 2.22. The van der Waals surface area contributed by atoms with Crippen molar-refractivity contribution in [1.29, 1.82) is 0 Å². The molecule has 0 radical (unpaired) electrons. The minimum Gasteiger partial charge on any atom is -0.508 e. The van der Waals surface area contributed by atoms with E-state index in [-0.39, 0.29) is 5.60 Å². The van der Waals surface area contributed by atoms with Crippen LogP contribution >= 0.6 is 0 Å². The van der Waals surface area contributed by atoms with Crippen molar-refractivity contribution in [2.45, 2.75) is 45.6 Å². The van der Waals surface area contributed by atoms with Crippen LogP contribution in [0.2, 0.25) is 0 Å². The number of benzene rings is 1. The zero-order chi connectivity index (χ0) is 11.8. The monoisotopic (exact) mass is 220 g/mol. The highest BCUT2D eigenvalue weighted by molar-refractivity contribution is 5.38. The molecule has 0 atom stereocenters. The van der Waals surface area contributed by atoms with Crippen LogP contribution in [0.1, 0.15) is 39.2 Å². The topological polar surface area (TPSA) is 29.5 Å². The quantitative estimate of drug-likeness (QED) is 0.844. The first-order chi connectivity index (χ1) is 7.42. The van der Waals surface area contributed by atoms with Crippen LogP contribution in [-0.2, 0) is 6.42 Å². The first-order valence-electron chi connectivity index (χ1n) is 5.94. The van der Waals surface area contributed by atoms with Crippen molar-refractivity contribution in [2.75, 3.05) is 0 Å². The minimum atomic E-state index is -0.218. The molecule has 1 aromatic carbocycles. The van der Waals surface area contributed by atoms with Crippen LogP contribution in [0.4, 0.5) is 0 Å². The van der Waals surface area contributed by atoms with Gasteiger partial charge in [0.25, 0.3) is 0 Å². The Morgan fingerprint density at radius 1 is 1.25 bits per heavy atom. The second-order valence-corrected chi connectivity index (χ2v) is 5.70. The predicted molar refractivity (Wildman–Crippen MR) is 64.9 cm³/mol. The summed E-state index contributed by atoms with van der Waals surface area (Å²) in [6.45, 7) is 6.03. The summed E-state index contributed by atoms with van der Waals surface area (Å²) in [6, 6.07) is 5.57. The molecule has 0 amide bonds. The fraction of sp³-hybridized carbons (Fsp3) is 0.571. The summed E-state index contributed by atoms with van der Waals surface area (Å²) in [6.07, 6.45) is 3.71. The lowest BCUT2D eigenvalue weighted by Crippen LogP contribution is -2.22. The molecule has 16 heavy (non-hydrogen) atoms. The Morgan fingerprint density at radius 2 is 1.94 bits per heavy atom. The summed E-state index contributed by atoms with van der Waals surface area (Å²) < 4.78 is 5.77. The van der Waals surface area contributed by atoms with Crippen LogP contribution in [0.25, 0.3) is 0 Å². The molecule has 1 fully saturated rings. The Bertz CT molecular complexity index is 373. The van der Waals surface area contributed by atoms with Gasteiger partial charge in [0.2, 0.25) is 0 Å². The number of hydrogen-bond donors (Lipinski definition) is 1. The van der Waals surface area contributed by atoms with Crippen molar-refractivity contribution in [3.05, 3.63) is 23.8 Å². The minimum absolute atomic E-state index is 0.218. The van der Waals surface area contributed by atoms with Crippen molar-refractivity contribution >= 4 is 0 Å². The van der Waals surface area contributed by atoms with E-state index >= 15 is 0 Å². The van der Waals surface area contributed by atoms with Crippen molar-refractivity contribution in [3.8, 4) is 11.5 Å². The summed E-state index contributed by atoms with van der Waals surface area (Å²) >= 11 is 0. The molecule has 88 valence electrons. The van der Waals surface area contributed by atoms with Crippen LogP contribution in [0.5, 0.6) is 11.5 Å². The Balaban J connectivity index is 2.14. The van der Waals surface area contributed by atoms with Gasteiger partial charge in [0.05, 0.1) is 0 Å². The van der Waals surface area contributed by atoms with E-state index in [1.54, 1.807) is 6.07 Å². The van der Waals surface area contributed by atoms with Crippen molar-refractivity contribution in [2.24, 2.45) is 5.92 Å². The fourth-order valence-electron chi connectivity index (χ4n) is 1.83. The zero-order valence-electron chi connectivity index (χ0n) is 10.3. The third kappa shape index (κ3) is 3.44. The molecule has 2 nitrogen and oxygen atoms in total. The van der Waals surface area contributed by atoms with Crippen LogP contribution in [0.15, 0.2) is 18.2 Å². The lowest BCUT2D eigenvalue weighted by molar-refractivity contribution is 0.130. The molecule has 1 N–H and O–H groups in total. The van der Waals surface area contributed by atoms with Crippen LogP contribution in [-0.4, -0.2) is 10.7 Å². The average Bonchev–Trinajstić information content (AvgIpc) is 2.82. The number of ether oxygens (including phenoxy) is 1. The molecule has 0 unspecified atom stereocenters. The van der Waals surface area contributed by atoms with Gasteiger partial charge in [-0.15, -0.1) is 0 Å². The van der Waals surface area contributed by atoms with Gasteiger partial charge < -0.3 is 9.84 Å². The molecule has 0 saturated heterocycles. The summed E-state index contributed by atoms with van der Waals surface area (Å²) in [4.78, 5) is 0. The number of phenolic OH excluding ortho intramolecular Hbond substituents is 1. The Morgan fingerprint density at radius 3 is 2.50 bits per heavy atom. The van der Waals surface area contributed by atoms with Crippen molar-refractivity contribution < 1.29 is 9.84 Å². The van der Waals surface area contributed by atoms with E-state index in [1.807, 2.05) is 32.9 Å². The van der Waals surface area contributed by atoms with Crippen LogP contribution in [0, 0.1) is 5.92 Å². The number of aromatic hydroxyl groups is 1. The molecule has 2 heteroatoms. The third-order valence-electron chi connectivity index (χ3n) is 2.60. The molecular formula is C14H20O2. The van der Waals surface area contributed by atoms with Gasteiger partial charge in [-0.05, 0) is 63.6 Å². The molecular weight excluding hydrogens is 200 g/mol. The van der Waals surface area contributed by atoms with Crippen molar-refractivity contribution in [1.82, 2.24) is 0 Å². The average molecular weight is 220 g/mol. The Kier molecular flexibility index (Phi) is 2.83. The van der Waals surface area contributed by atoms with E-state index in [2.05, 4.69) is 0 Å². The molecule has 1 aliphatic rings. The van der Waals surface area contributed by atoms with Gasteiger partial charge in [-0.1, -0.05) is 0 Å². The number of rotatable bonds is 3. The van der Waals surface area contributed by atoms with Crippen LogP contribution in [0.3, 0.4) is 0 Å². The van der Waals surface area contributed by atoms with E-state index in [0.29, 0.717) is 5.75 Å². The van der Waals surface area contributed by atoms with Gasteiger partial charge in [0, 0.05) is 6.07 Å². The van der Waals surface area contributed by atoms with Gasteiger partial charge in [-0.25, -0.2) is 0 Å². The molecule has 0 aliphatic heterocycles. The zero-order valence-corrected chi connectivity index (χ0v) is 10.3. The molecule has 1 aliphatic carbocycles.